The molecule has 2 heterocycles. The highest BCUT2D eigenvalue weighted by atomic mass is 35.5. The minimum Gasteiger partial charge on any atom is -0.465 e. The predicted octanol–water partition coefficient (Wildman–Crippen LogP) is 3.58. The number of halogens is 1. The molecule has 1 aliphatic heterocycles. The molecular weight excluding hydrogens is 404 g/mol. The topological polar surface area (TPSA) is 123 Å². The van der Waals surface area contributed by atoms with Crippen molar-refractivity contribution in [2.45, 2.75) is 19.4 Å². The summed E-state index contributed by atoms with van der Waals surface area (Å²) in [5.74, 6) is -0.674. The van der Waals surface area contributed by atoms with E-state index in [1.807, 2.05) is 24.3 Å². The van der Waals surface area contributed by atoms with Crippen molar-refractivity contribution in [3.8, 4) is 0 Å². The van der Waals surface area contributed by atoms with Gasteiger partial charge in [-0.25, -0.2) is 4.79 Å². The molecule has 0 radical (unpaired) electrons. The fourth-order valence-corrected chi connectivity index (χ4v) is 4.21. The molecule has 1 aromatic carbocycles. The van der Waals surface area contributed by atoms with E-state index >= 15 is 0 Å². The van der Waals surface area contributed by atoms with Gasteiger partial charge in [0.25, 0.3) is 5.91 Å². The number of thiophene rings is 1. The van der Waals surface area contributed by atoms with Crippen molar-refractivity contribution < 1.29 is 19.5 Å². The maximum absolute atomic E-state index is 12.7. The Morgan fingerprint density at radius 2 is 1.93 bits per heavy atom. The molecule has 4 N–H and O–H groups in total. The van der Waals surface area contributed by atoms with Crippen LogP contribution in [0.15, 0.2) is 41.7 Å². The lowest BCUT2D eigenvalue weighted by atomic mass is 9.97. The summed E-state index contributed by atoms with van der Waals surface area (Å²) in [5.41, 5.74) is -0.875. The number of rotatable bonds is 3. The van der Waals surface area contributed by atoms with Crippen molar-refractivity contribution in [3.63, 3.8) is 0 Å². The summed E-state index contributed by atoms with van der Waals surface area (Å²) in [4.78, 5) is 37.2. The molecule has 1 saturated heterocycles. The van der Waals surface area contributed by atoms with Gasteiger partial charge in [0.15, 0.2) is 0 Å². The third-order valence-corrected chi connectivity index (χ3v) is 5.86. The maximum Gasteiger partial charge on any atom is 0.410 e. The molecule has 0 atom stereocenters. The van der Waals surface area contributed by atoms with Crippen molar-refractivity contribution in [2.24, 2.45) is 0 Å². The zero-order valence-corrected chi connectivity index (χ0v) is 16.6. The molecule has 0 bridgehead atoms. The molecule has 3 amide bonds. The average Bonchev–Trinajstić information content (AvgIpc) is 3.14. The molecule has 1 fully saturated rings. The Bertz CT molecular complexity index is 1010. The van der Waals surface area contributed by atoms with Gasteiger partial charge in [-0.15, -0.1) is 11.3 Å². The molecule has 2 aromatic rings. The van der Waals surface area contributed by atoms with Gasteiger partial charge in [-0.05, 0) is 43.0 Å². The zero-order chi connectivity index (χ0) is 20.6. The van der Waals surface area contributed by atoms with Gasteiger partial charge in [-0.3, -0.25) is 14.9 Å². The van der Waals surface area contributed by atoms with E-state index in [4.69, 9.17) is 22.1 Å². The number of carbonyl (C=O) groups excluding carboxylic acids is 2. The fraction of sp³-hybridized carbons (Fsp3) is 0.222. The number of likely N-dealkylation sites (tertiary alicyclic amines) is 1. The van der Waals surface area contributed by atoms with Crippen LogP contribution in [0.4, 0.5) is 9.59 Å². The number of fused-ring (bicyclic) bond motifs is 1. The first-order valence-electron chi connectivity index (χ1n) is 8.20. The van der Waals surface area contributed by atoms with Gasteiger partial charge in [-0.1, -0.05) is 18.2 Å². The highest BCUT2D eigenvalue weighted by molar-refractivity contribution is 7.20. The molecule has 0 saturated carbocycles. The van der Waals surface area contributed by atoms with Crippen molar-refractivity contribution in [1.82, 2.24) is 15.5 Å². The van der Waals surface area contributed by atoms with Crippen LogP contribution in [-0.2, 0) is 0 Å². The number of nitrogens with zero attached hydrogens (tertiary/aromatic N) is 1. The second-order valence-electron chi connectivity index (χ2n) is 6.66. The predicted molar refractivity (Wildman–Crippen MR) is 107 cm³/mol. The molecule has 8 nitrogen and oxygen atoms in total. The maximum atomic E-state index is 12.7. The van der Waals surface area contributed by atoms with Crippen molar-refractivity contribution >= 4 is 56.1 Å². The lowest BCUT2D eigenvalue weighted by Crippen LogP contribution is -2.44. The number of carboxylic acid groups (broad SMARTS) is 1. The zero-order valence-electron chi connectivity index (χ0n) is 15.0. The van der Waals surface area contributed by atoms with E-state index in [2.05, 4.69) is 10.6 Å². The Kier molecular flexibility index (Phi) is 5.14. The second-order valence-corrected chi connectivity index (χ2v) is 8.07. The average molecular weight is 421 g/mol. The highest BCUT2D eigenvalue weighted by Gasteiger charge is 2.44. The normalized spacial score (nSPS) is 17.5. The van der Waals surface area contributed by atoms with E-state index in [1.54, 1.807) is 19.9 Å². The molecule has 3 rings (SSSR count). The third kappa shape index (κ3) is 3.58. The smallest absolute Gasteiger partial charge is 0.410 e. The number of nitrogens with one attached hydrogen (secondary N) is 3. The Morgan fingerprint density at radius 3 is 2.50 bits per heavy atom. The van der Waals surface area contributed by atoms with Crippen LogP contribution in [0.2, 0.25) is 0 Å². The molecular formula is C18H17ClN4O4S. The van der Waals surface area contributed by atoms with Crippen LogP contribution >= 0.6 is 22.9 Å². The van der Waals surface area contributed by atoms with Crippen molar-refractivity contribution in [2.75, 3.05) is 6.54 Å². The number of carbonyl (C=O) groups is 3. The lowest BCUT2D eigenvalue weighted by molar-refractivity contribution is 0.0967. The van der Waals surface area contributed by atoms with Gasteiger partial charge in [0.05, 0.1) is 22.7 Å². The Balaban J connectivity index is 1.97. The van der Waals surface area contributed by atoms with Gasteiger partial charge in [-0.2, -0.15) is 0 Å². The third-order valence-electron chi connectivity index (χ3n) is 4.54. The van der Waals surface area contributed by atoms with E-state index in [1.165, 1.54) is 16.2 Å². The first-order valence-corrected chi connectivity index (χ1v) is 9.40. The summed E-state index contributed by atoms with van der Waals surface area (Å²) < 4.78 is 0.918. The first kappa shape index (κ1) is 19.8. The standard InChI is InChI=1S/C18H17ClN4O4S/c1-18(2)13(20)10(8-23(18)16(19)25)14(22-17(26)27)21-15(24)12-7-9-5-3-4-6-11(9)28-12/h3-7,20,22H,8H2,1-2H3,(H,21,24)(H,26,27)/b14-10-,20-13?. The van der Waals surface area contributed by atoms with Crippen molar-refractivity contribution in [1.29, 1.82) is 5.41 Å². The van der Waals surface area contributed by atoms with E-state index in [-0.39, 0.29) is 23.7 Å². The summed E-state index contributed by atoms with van der Waals surface area (Å²) >= 11 is 6.87. The summed E-state index contributed by atoms with van der Waals surface area (Å²) in [6.45, 7) is 3.14. The summed E-state index contributed by atoms with van der Waals surface area (Å²) in [6, 6.07) is 9.17. The number of amides is 3. The lowest BCUT2D eigenvalue weighted by Gasteiger charge is -2.28. The van der Waals surface area contributed by atoms with Gasteiger partial charge >= 0.3 is 11.5 Å². The Labute approximate surface area is 169 Å². The van der Waals surface area contributed by atoms with Crippen LogP contribution in [0.25, 0.3) is 10.1 Å². The van der Waals surface area contributed by atoms with Crippen LogP contribution < -0.4 is 10.6 Å². The summed E-state index contributed by atoms with van der Waals surface area (Å²) in [6.07, 6.45) is -1.40. The summed E-state index contributed by atoms with van der Waals surface area (Å²) in [5, 5.41) is 22.3. The van der Waals surface area contributed by atoms with Gasteiger partial charge < -0.3 is 20.7 Å². The Hall–Kier alpha value is -2.91. The second kappa shape index (κ2) is 7.25. The quantitative estimate of drug-likeness (QED) is 0.447. The monoisotopic (exact) mass is 420 g/mol. The van der Waals surface area contributed by atoms with Crippen LogP contribution in [0.5, 0.6) is 0 Å². The molecule has 1 aliphatic rings. The van der Waals surface area contributed by atoms with E-state index in [0.29, 0.717) is 4.88 Å². The van der Waals surface area contributed by atoms with Gasteiger partial charge in [0.1, 0.15) is 5.82 Å². The number of benzene rings is 1. The minimum absolute atomic E-state index is 0.0121. The number of hydrogen-bond donors (Lipinski definition) is 4. The van der Waals surface area contributed by atoms with Crippen LogP contribution in [0.1, 0.15) is 23.5 Å². The molecule has 10 heteroatoms. The molecule has 1 aromatic heterocycles. The minimum atomic E-state index is -1.40. The van der Waals surface area contributed by atoms with E-state index in [0.717, 1.165) is 10.1 Å². The van der Waals surface area contributed by atoms with Gasteiger partial charge in [0, 0.05) is 10.3 Å². The molecule has 146 valence electrons. The molecule has 0 spiro atoms. The summed E-state index contributed by atoms with van der Waals surface area (Å²) in [7, 11) is 0. The number of hydrogen-bond acceptors (Lipinski definition) is 5. The van der Waals surface area contributed by atoms with Crippen LogP contribution in [0, 0.1) is 5.41 Å². The first-order chi connectivity index (χ1) is 13.1. The van der Waals surface area contributed by atoms with E-state index < -0.39 is 22.9 Å². The largest absolute Gasteiger partial charge is 0.465 e. The van der Waals surface area contributed by atoms with Crippen molar-refractivity contribution in [3.05, 3.63) is 46.6 Å². The van der Waals surface area contributed by atoms with E-state index in [9.17, 15) is 14.4 Å². The van der Waals surface area contributed by atoms with Crippen LogP contribution in [-0.4, -0.2) is 45.2 Å². The molecule has 0 aliphatic carbocycles. The molecule has 0 unspecified atom stereocenters. The van der Waals surface area contributed by atoms with Crippen LogP contribution in [0.3, 0.4) is 0 Å². The SMILES string of the molecule is CC1(C)C(=N)/C(=C(\NC(=O)O)NC(=O)c2cc3ccccc3s2)CN1C(=O)Cl. The fourth-order valence-electron chi connectivity index (χ4n) is 2.98. The molecule has 28 heavy (non-hydrogen) atoms. The Morgan fingerprint density at radius 1 is 1.25 bits per heavy atom. The highest BCUT2D eigenvalue weighted by Crippen LogP contribution is 2.31. The van der Waals surface area contributed by atoms with Gasteiger partial charge in [0.2, 0.25) is 0 Å².